The normalized spacial score (nSPS) is 14.2. The van der Waals surface area contributed by atoms with E-state index in [9.17, 15) is 4.79 Å². The van der Waals surface area contributed by atoms with Crippen LogP contribution in [0.5, 0.6) is 0 Å². The summed E-state index contributed by atoms with van der Waals surface area (Å²) in [7, 11) is 0. The van der Waals surface area contributed by atoms with E-state index in [-0.39, 0.29) is 5.91 Å². The molecule has 0 saturated carbocycles. The summed E-state index contributed by atoms with van der Waals surface area (Å²) in [6.45, 7) is 1.93. The Morgan fingerprint density at radius 3 is 2.73 bits per heavy atom. The van der Waals surface area contributed by atoms with Gasteiger partial charge in [0.1, 0.15) is 11.0 Å². The number of fused-ring (bicyclic) bond motifs is 2. The third kappa shape index (κ3) is 4.83. The van der Waals surface area contributed by atoms with Crippen LogP contribution in [-0.4, -0.2) is 54.1 Å². The molecule has 1 saturated heterocycles. The number of aromatic nitrogens is 7. The van der Waals surface area contributed by atoms with Crippen LogP contribution in [0.15, 0.2) is 55.1 Å². The van der Waals surface area contributed by atoms with E-state index in [4.69, 9.17) is 21.6 Å². The van der Waals surface area contributed by atoms with E-state index in [1.165, 1.54) is 11.3 Å². The average Bonchev–Trinajstić information content (AvgIpc) is 3.71. The number of anilines is 1. The number of carbonyl (C=O) groups excluding carboxylic acids is 1. The highest BCUT2D eigenvalue weighted by molar-refractivity contribution is 7.19. The summed E-state index contributed by atoms with van der Waals surface area (Å²) >= 11 is 7.65. The minimum absolute atomic E-state index is 0.00921. The molecule has 0 unspecified atom stereocenters. The fourth-order valence-corrected chi connectivity index (χ4v) is 6.17. The predicted octanol–water partition coefficient (Wildman–Crippen LogP) is 5.67. The van der Waals surface area contributed by atoms with E-state index in [0.29, 0.717) is 45.1 Å². The number of hydrogen-bond donors (Lipinski definition) is 4. The van der Waals surface area contributed by atoms with E-state index >= 15 is 0 Å². The number of thiophene rings is 1. The molecule has 4 N–H and O–H groups in total. The van der Waals surface area contributed by atoms with Crippen LogP contribution in [0.25, 0.3) is 55.3 Å². The highest BCUT2D eigenvalue weighted by atomic mass is 35.5. The number of halogens is 1. The zero-order valence-electron chi connectivity index (χ0n) is 21.2. The van der Waals surface area contributed by atoms with Gasteiger partial charge in [0, 0.05) is 34.8 Å². The SMILES string of the molecule is O=C(CC1CCNCC1)Nc1cncc(-c2ccc3[nH]nc(-c4nc5c(-c6ccc(Cl)s6)cncc5[nH]4)c3n2)c1. The Balaban J connectivity index is 1.19. The molecule has 6 aromatic rings. The minimum atomic E-state index is 0.00921. The van der Waals surface area contributed by atoms with Crippen LogP contribution in [0.3, 0.4) is 0 Å². The third-order valence-corrected chi connectivity index (χ3v) is 8.38. The lowest BCUT2D eigenvalue weighted by atomic mass is 9.94. The Morgan fingerprint density at radius 1 is 1.00 bits per heavy atom. The van der Waals surface area contributed by atoms with Crippen LogP contribution >= 0.6 is 22.9 Å². The monoisotopic (exact) mass is 569 g/mol. The minimum Gasteiger partial charge on any atom is -0.335 e. The Bertz CT molecular complexity index is 1850. The van der Waals surface area contributed by atoms with Crippen LogP contribution in [0.4, 0.5) is 5.69 Å². The first kappa shape index (κ1) is 24.8. The second kappa shape index (κ2) is 10.4. The zero-order chi connectivity index (χ0) is 27.1. The van der Waals surface area contributed by atoms with Crippen molar-refractivity contribution >= 4 is 56.6 Å². The largest absolute Gasteiger partial charge is 0.335 e. The Kier molecular flexibility index (Phi) is 6.46. The van der Waals surface area contributed by atoms with Gasteiger partial charge >= 0.3 is 0 Å². The molecule has 0 atom stereocenters. The summed E-state index contributed by atoms with van der Waals surface area (Å²) in [6, 6.07) is 9.56. The molecule has 7 heterocycles. The summed E-state index contributed by atoms with van der Waals surface area (Å²) in [4.78, 5) is 35.5. The number of carbonyl (C=O) groups is 1. The summed E-state index contributed by atoms with van der Waals surface area (Å²) in [5, 5.41) is 13.9. The van der Waals surface area contributed by atoms with Gasteiger partial charge in [-0.15, -0.1) is 11.3 Å². The van der Waals surface area contributed by atoms with Gasteiger partial charge in [-0.25, -0.2) is 9.97 Å². The van der Waals surface area contributed by atoms with Crippen molar-refractivity contribution in [3.8, 4) is 33.2 Å². The Labute approximate surface area is 237 Å². The van der Waals surface area contributed by atoms with E-state index in [1.54, 1.807) is 24.8 Å². The van der Waals surface area contributed by atoms with Gasteiger partial charge in [0.2, 0.25) is 5.91 Å². The number of rotatable bonds is 6. The first-order chi connectivity index (χ1) is 19.6. The van der Waals surface area contributed by atoms with E-state index in [1.807, 2.05) is 30.3 Å². The highest BCUT2D eigenvalue weighted by Gasteiger charge is 2.19. The molecule has 0 bridgehead atoms. The number of imidazole rings is 1. The topological polar surface area (TPSA) is 137 Å². The maximum atomic E-state index is 12.7. The molecule has 0 aromatic carbocycles. The third-order valence-electron chi connectivity index (χ3n) is 7.12. The first-order valence-electron chi connectivity index (χ1n) is 13.0. The van der Waals surface area contributed by atoms with Crippen molar-refractivity contribution in [2.24, 2.45) is 5.92 Å². The number of nitrogens with zero attached hydrogens (tertiary/aromatic N) is 5. The van der Waals surface area contributed by atoms with Crippen LogP contribution in [0.2, 0.25) is 4.34 Å². The molecule has 0 radical (unpaired) electrons. The molecule has 1 aliphatic heterocycles. The van der Waals surface area contributed by atoms with E-state index < -0.39 is 0 Å². The predicted molar refractivity (Wildman–Crippen MR) is 157 cm³/mol. The Hall–Kier alpha value is -4.19. The van der Waals surface area contributed by atoms with Crippen molar-refractivity contribution < 1.29 is 4.79 Å². The van der Waals surface area contributed by atoms with Crippen LogP contribution in [0.1, 0.15) is 19.3 Å². The lowest BCUT2D eigenvalue weighted by Gasteiger charge is -2.21. The van der Waals surface area contributed by atoms with Crippen LogP contribution in [0, 0.1) is 5.92 Å². The van der Waals surface area contributed by atoms with Crippen molar-refractivity contribution in [3.63, 3.8) is 0 Å². The summed E-state index contributed by atoms with van der Waals surface area (Å²) in [6.07, 6.45) is 9.49. The fraction of sp³-hybridized carbons (Fsp3) is 0.214. The standard InChI is InChI=1S/C28H24ClN9OS/c29-23-4-3-22(40-23)18-13-32-14-21-25(18)36-28(35-21)27-26-20(37-38-27)2-1-19(34-26)16-10-17(12-31-11-16)33-24(39)9-15-5-7-30-8-6-15/h1-4,10-15,30H,5-9H2,(H,33,39)(H,35,36)(H,37,38). The molecule has 200 valence electrons. The van der Waals surface area contributed by atoms with Gasteiger partial charge < -0.3 is 15.6 Å². The van der Waals surface area contributed by atoms with Gasteiger partial charge in [-0.05, 0) is 62.2 Å². The maximum Gasteiger partial charge on any atom is 0.224 e. The van der Waals surface area contributed by atoms with Crippen molar-refractivity contribution in [1.82, 2.24) is 40.4 Å². The van der Waals surface area contributed by atoms with Gasteiger partial charge in [-0.2, -0.15) is 5.10 Å². The summed E-state index contributed by atoms with van der Waals surface area (Å²) in [5.74, 6) is 1.00. The lowest BCUT2D eigenvalue weighted by molar-refractivity contribution is -0.117. The van der Waals surface area contributed by atoms with Gasteiger partial charge in [0.05, 0.1) is 39.1 Å². The molecule has 1 fully saturated rings. The molecular weight excluding hydrogens is 546 g/mol. The highest BCUT2D eigenvalue weighted by Crippen LogP contribution is 2.36. The van der Waals surface area contributed by atoms with Gasteiger partial charge in [0.25, 0.3) is 0 Å². The maximum absolute atomic E-state index is 12.7. The molecule has 12 heteroatoms. The van der Waals surface area contributed by atoms with Gasteiger partial charge in [-0.1, -0.05) is 11.6 Å². The molecule has 1 aliphatic rings. The molecule has 0 aliphatic carbocycles. The molecule has 0 spiro atoms. The van der Waals surface area contributed by atoms with E-state index in [0.717, 1.165) is 58.5 Å². The number of aromatic amines is 2. The zero-order valence-corrected chi connectivity index (χ0v) is 22.8. The number of piperidine rings is 1. The molecule has 7 rings (SSSR count). The van der Waals surface area contributed by atoms with Gasteiger partial charge in [0.15, 0.2) is 11.5 Å². The molecule has 10 nitrogen and oxygen atoms in total. The molecule has 40 heavy (non-hydrogen) atoms. The second-order valence-corrected chi connectivity index (χ2v) is 11.6. The number of H-pyrrole nitrogens is 2. The molecule has 1 amide bonds. The fourth-order valence-electron chi connectivity index (χ4n) is 5.12. The second-order valence-electron chi connectivity index (χ2n) is 9.85. The van der Waals surface area contributed by atoms with Gasteiger partial charge in [-0.3, -0.25) is 19.9 Å². The lowest BCUT2D eigenvalue weighted by Crippen LogP contribution is -2.30. The number of pyridine rings is 3. The van der Waals surface area contributed by atoms with Crippen molar-refractivity contribution in [2.75, 3.05) is 18.4 Å². The quantitative estimate of drug-likeness (QED) is 0.203. The smallest absolute Gasteiger partial charge is 0.224 e. The number of amides is 1. The first-order valence-corrected chi connectivity index (χ1v) is 14.2. The van der Waals surface area contributed by atoms with E-state index in [2.05, 4.69) is 35.8 Å². The number of hydrogen-bond acceptors (Lipinski definition) is 8. The summed E-state index contributed by atoms with van der Waals surface area (Å²) in [5.41, 5.74) is 6.68. The molecule has 6 aromatic heterocycles. The molecular formula is C28H24ClN9OS. The average molecular weight is 570 g/mol. The van der Waals surface area contributed by atoms with Crippen molar-refractivity contribution in [1.29, 1.82) is 0 Å². The Morgan fingerprint density at radius 2 is 1.88 bits per heavy atom. The van der Waals surface area contributed by atoms with Crippen LogP contribution < -0.4 is 10.6 Å². The summed E-state index contributed by atoms with van der Waals surface area (Å²) < 4.78 is 0.706. The number of nitrogens with one attached hydrogen (secondary N) is 4. The van der Waals surface area contributed by atoms with Crippen molar-refractivity contribution in [3.05, 3.63) is 59.5 Å². The van der Waals surface area contributed by atoms with Crippen LogP contribution in [-0.2, 0) is 4.79 Å². The van der Waals surface area contributed by atoms with Crippen molar-refractivity contribution in [2.45, 2.75) is 19.3 Å².